The zero-order chi connectivity index (χ0) is 74.6. The Morgan fingerprint density at radius 2 is 0.443 bits per heavy atom. The van der Waals surface area contributed by atoms with E-state index in [9.17, 15) is 19.2 Å². The van der Waals surface area contributed by atoms with Gasteiger partial charge in [-0.05, 0) is 193 Å². The lowest BCUT2D eigenvalue weighted by Crippen LogP contribution is -2.42. The fourth-order valence-electron chi connectivity index (χ4n) is 16.7. The topological polar surface area (TPSA) is 93.2 Å². The van der Waals surface area contributed by atoms with Crippen LogP contribution in [0.25, 0.3) is 43.1 Å². The van der Waals surface area contributed by atoms with Crippen molar-refractivity contribution >= 4 is 66.7 Å². The summed E-state index contributed by atoms with van der Waals surface area (Å²) in [6.45, 7) is 31.5. The van der Waals surface area contributed by atoms with Crippen molar-refractivity contribution in [2.75, 3.05) is 26.3 Å². The molecule has 8 heteroatoms. The second-order valence-corrected chi connectivity index (χ2v) is 33.3. The molecule has 0 fully saturated rings. The maximum Gasteiger partial charge on any atom is 0.261 e. The van der Waals surface area contributed by atoms with Crippen LogP contribution in [0.1, 0.15) is 216 Å². The first-order valence-electron chi connectivity index (χ1n) is 37.7. The highest BCUT2D eigenvalue weighted by molar-refractivity contribution is 6.41. The minimum Gasteiger partial charge on any atom is -0.492 e. The molecule has 0 radical (unpaired) electrons. The van der Waals surface area contributed by atoms with Gasteiger partial charge >= 0.3 is 0 Å². The van der Waals surface area contributed by atoms with Crippen LogP contribution in [0.2, 0.25) is 0 Å². The van der Waals surface area contributed by atoms with Crippen LogP contribution in [0.5, 0.6) is 11.5 Å². The Bertz CT molecular complexity index is 4960. The third-order valence-corrected chi connectivity index (χ3v) is 22.9. The van der Waals surface area contributed by atoms with Crippen LogP contribution >= 0.6 is 0 Å². The Hall–Kier alpha value is -11.0. The summed E-state index contributed by atoms with van der Waals surface area (Å²) in [4.78, 5) is 61.8. The molecule has 0 aromatic heterocycles. The number of carbonyl (C=O) groups excluding carboxylic acids is 4. The van der Waals surface area contributed by atoms with E-state index in [-0.39, 0.29) is 48.0 Å². The maximum absolute atomic E-state index is 14.8. The van der Waals surface area contributed by atoms with Crippen molar-refractivity contribution in [3.05, 3.63) is 343 Å². The van der Waals surface area contributed by atoms with Gasteiger partial charge in [0.05, 0.1) is 23.9 Å². The van der Waals surface area contributed by atoms with Gasteiger partial charge in [0.15, 0.2) is 0 Å². The summed E-state index contributed by atoms with van der Waals surface area (Å²) in [6.07, 6.45) is 1.87. The molecule has 0 N–H and O–H groups in total. The zero-order valence-corrected chi connectivity index (χ0v) is 63.7. The number of aryl methyl sites for hydroxylation is 2. The molecule has 2 aliphatic rings. The van der Waals surface area contributed by atoms with Gasteiger partial charge in [-0.25, -0.2) is 0 Å². The highest BCUT2D eigenvalue weighted by Gasteiger charge is 2.43. The van der Waals surface area contributed by atoms with Gasteiger partial charge in [-0.3, -0.25) is 29.0 Å². The quantitative estimate of drug-likeness (QED) is 0.0368. The highest BCUT2D eigenvalue weighted by atomic mass is 16.5. The third kappa shape index (κ3) is 11.9. The average Bonchev–Trinajstić information content (AvgIpc) is 0.692. The minimum atomic E-state index is -0.691. The molecule has 0 aliphatic carbocycles. The van der Waals surface area contributed by atoms with Crippen LogP contribution in [0, 0.1) is 0 Å². The van der Waals surface area contributed by atoms with Gasteiger partial charge in [-0.1, -0.05) is 291 Å². The van der Waals surface area contributed by atoms with Gasteiger partial charge in [-0.15, -0.1) is 0 Å². The van der Waals surface area contributed by atoms with Gasteiger partial charge < -0.3 is 9.47 Å². The van der Waals surface area contributed by atoms with E-state index < -0.39 is 34.5 Å². The van der Waals surface area contributed by atoms with E-state index in [1.165, 1.54) is 43.2 Å². The van der Waals surface area contributed by atoms with E-state index in [4.69, 9.17) is 9.47 Å². The van der Waals surface area contributed by atoms with E-state index in [0.29, 0.717) is 44.5 Å². The summed E-state index contributed by atoms with van der Waals surface area (Å²) >= 11 is 0. The average molecular weight is 1400 g/mol. The van der Waals surface area contributed by atoms with Crippen molar-refractivity contribution < 1.29 is 28.7 Å². The summed E-state index contributed by atoms with van der Waals surface area (Å²) < 4.78 is 13.0. The molecule has 2 aliphatic heterocycles. The lowest BCUT2D eigenvalue weighted by Gasteiger charge is -2.38. The number of nitrogens with zero attached hydrogens (tertiary/aromatic N) is 2. The molecule has 13 aromatic carbocycles. The number of carbonyl (C=O) groups is 4. The molecule has 13 aromatic rings. The van der Waals surface area contributed by atoms with E-state index in [1.807, 2.05) is 72.8 Å². The summed E-state index contributed by atoms with van der Waals surface area (Å²) in [5, 5.41) is 6.06. The number of imide groups is 2. The van der Waals surface area contributed by atoms with Gasteiger partial charge in [0.25, 0.3) is 23.6 Å². The van der Waals surface area contributed by atoms with Crippen molar-refractivity contribution in [2.45, 2.75) is 142 Å². The first-order chi connectivity index (χ1) is 50.6. The predicted octanol–water partition coefficient (Wildman–Crippen LogP) is 22.2. The van der Waals surface area contributed by atoms with Gasteiger partial charge in [0.2, 0.25) is 0 Å². The fourth-order valence-corrected chi connectivity index (χ4v) is 16.7. The van der Waals surface area contributed by atoms with E-state index >= 15 is 0 Å². The van der Waals surface area contributed by atoms with Crippen molar-refractivity contribution in [3.8, 4) is 11.5 Å². The third-order valence-electron chi connectivity index (χ3n) is 22.9. The Morgan fingerprint density at radius 1 is 0.245 bits per heavy atom. The number of fused-ring (bicyclic) bond motifs is 2. The number of ether oxygens (including phenoxy) is 2. The van der Waals surface area contributed by atoms with E-state index in [1.54, 1.807) is 0 Å². The summed E-state index contributed by atoms with van der Waals surface area (Å²) in [6, 6.07) is 86.1. The largest absolute Gasteiger partial charge is 0.492 e. The van der Waals surface area contributed by atoms with E-state index in [2.05, 4.69) is 267 Å². The molecule has 4 amide bonds. The van der Waals surface area contributed by atoms with Crippen molar-refractivity contribution in [3.63, 3.8) is 0 Å². The van der Waals surface area contributed by atoms with Crippen molar-refractivity contribution in [1.82, 2.24) is 9.80 Å². The first kappa shape index (κ1) is 70.7. The Labute approximate surface area is 624 Å². The number of benzene rings is 13. The summed E-state index contributed by atoms with van der Waals surface area (Å²) in [5.74, 6) is -0.345. The second kappa shape index (κ2) is 26.6. The Kier molecular flexibility index (Phi) is 17.7. The molecule has 15 rings (SSSR count). The van der Waals surface area contributed by atoms with Gasteiger partial charge in [-0.2, -0.15) is 0 Å². The van der Waals surface area contributed by atoms with E-state index in [0.717, 1.165) is 89.7 Å². The molecular weight excluding hydrogens is 1300 g/mol. The van der Waals surface area contributed by atoms with Crippen LogP contribution < -0.4 is 9.47 Å². The highest BCUT2D eigenvalue weighted by Crippen LogP contribution is 2.51. The number of amides is 4. The van der Waals surface area contributed by atoms with Crippen LogP contribution in [0.15, 0.2) is 243 Å². The minimum absolute atomic E-state index is 0.0264. The van der Waals surface area contributed by atoms with Crippen LogP contribution in [-0.2, 0) is 45.3 Å². The molecule has 8 nitrogen and oxygen atoms in total. The van der Waals surface area contributed by atoms with Gasteiger partial charge in [0, 0.05) is 33.0 Å². The normalized spacial score (nSPS) is 13.8. The molecule has 532 valence electrons. The first-order valence-corrected chi connectivity index (χ1v) is 37.7. The van der Waals surface area contributed by atoms with Crippen molar-refractivity contribution in [2.24, 2.45) is 0 Å². The smallest absolute Gasteiger partial charge is 0.261 e. The van der Waals surface area contributed by atoms with Crippen LogP contribution in [0.3, 0.4) is 0 Å². The summed E-state index contributed by atoms with van der Waals surface area (Å²) in [5.41, 5.74) is 16.8. The molecule has 0 atom stereocenters. The molecule has 0 unspecified atom stereocenters. The zero-order valence-electron chi connectivity index (χ0n) is 63.7. The van der Waals surface area contributed by atoms with Crippen molar-refractivity contribution in [1.29, 1.82) is 0 Å². The lowest BCUT2D eigenvalue weighted by molar-refractivity contribution is 0.0573. The molecule has 0 bridgehead atoms. The predicted molar refractivity (Wildman–Crippen MR) is 432 cm³/mol. The van der Waals surface area contributed by atoms with Crippen LogP contribution in [-0.4, -0.2) is 59.7 Å². The molecule has 0 saturated heterocycles. The fraction of sp³-hybridized carbons (Fsp3) is 0.265. The standard InChI is InChI=1S/C98H94N2O6/c1-15-61-17-21-67(22-18-61)97(69-33-25-63(26-34-69)93(3,4)5,70-35-27-64(28-36-70)94(6,7)8)73-41-45-75(46-42-73)105-59-57-99-89(101)81-53-49-77-79-51-55-83-88-84(56-52-80(86(79)88)78-50-54-82(90(99)102)87(81)85(77)78)92(104)100(91(83)103)58-60-106-76-47-43-74(44-48-76)98(68-23-19-62(16-2)20-24-68,71-37-29-65(30-38-71)95(9,10)11)72-39-31-66(32-40-72)96(12,13)14/h17-56H,15-16,57-60H2,1-14H3. The monoisotopic (exact) mass is 1390 g/mol. The molecular formula is C98H94N2O6. The lowest BCUT2D eigenvalue weighted by atomic mass is 9.64. The Balaban J connectivity index is 0.677. The number of rotatable bonds is 18. The Morgan fingerprint density at radius 3 is 0.651 bits per heavy atom. The molecule has 0 spiro atoms. The molecule has 2 heterocycles. The molecule has 0 saturated carbocycles. The number of hydrogen-bond donors (Lipinski definition) is 0. The summed E-state index contributed by atoms with van der Waals surface area (Å²) in [7, 11) is 0. The second-order valence-electron chi connectivity index (χ2n) is 33.3. The maximum atomic E-state index is 14.8. The van der Waals surface area contributed by atoms with Crippen LogP contribution in [0.4, 0.5) is 0 Å². The SMILES string of the molecule is CCc1ccc(C(c2ccc(OCCN3C(=O)c4ccc5c6ccc7c8c(ccc(c9ccc(c4c59)C3=O)c86)C(=O)N(CCOc3ccc(C(c4ccc(CC)cc4)(c4ccc(C(C)(C)C)cc4)c4ccc(C(C)(C)C)cc4)cc3)C7=O)cc2)(c2ccc(C(C)(C)C)cc2)c2ccc(C(C)(C)C)cc2)cc1. The van der Waals surface area contributed by atoms with Gasteiger partial charge in [0.1, 0.15) is 24.7 Å². The molecule has 106 heavy (non-hydrogen) atoms. The number of hydrogen-bond acceptors (Lipinski definition) is 6.